The molecule has 0 N–H and O–H groups in total. The van der Waals surface area contributed by atoms with Gasteiger partial charge in [0, 0.05) is 0 Å². The van der Waals surface area contributed by atoms with E-state index < -0.39 is 39.8 Å². The van der Waals surface area contributed by atoms with Crippen LogP contribution in [0.15, 0.2) is 340 Å². The Kier molecular flexibility index (Phi) is 15.6. The van der Waals surface area contributed by atoms with Gasteiger partial charge in [-0.25, -0.2) is 0 Å². The van der Waals surface area contributed by atoms with Crippen LogP contribution in [0.2, 0.25) is 0 Å². The van der Waals surface area contributed by atoms with Crippen molar-refractivity contribution in [1.29, 1.82) is 0 Å². The summed E-state index contributed by atoms with van der Waals surface area (Å²) in [5, 5.41) is 21.6. The van der Waals surface area contributed by atoms with Crippen LogP contribution in [0.25, 0.3) is 0 Å². The van der Waals surface area contributed by atoms with Gasteiger partial charge in [0.25, 0.3) is 0 Å². The third-order valence-corrected chi connectivity index (χ3v) is 28.9. The first-order valence-corrected chi connectivity index (χ1v) is 33.6. The molecule has 77 heavy (non-hydrogen) atoms. The maximum atomic E-state index is 2.50. The van der Waals surface area contributed by atoms with Crippen molar-refractivity contribution in [3.8, 4) is 0 Å². The topological polar surface area (TPSA) is 0 Å². The first kappa shape index (κ1) is 50.4. The zero-order valence-corrected chi connectivity index (χ0v) is 47.2. The fourth-order valence-electron chi connectivity index (χ4n) is 10.8. The summed E-state index contributed by atoms with van der Waals surface area (Å²) < 4.78 is 0. The molecule has 0 amide bonds. The summed E-state index contributed by atoms with van der Waals surface area (Å²) in [6, 6.07) is 128. The van der Waals surface area contributed by atoms with Crippen LogP contribution in [0.4, 0.5) is 0 Å². The van der Waals surface area contributed by atoms with Crippen LogP contribution < -0.4 is 84.4 Å². The van der Waals surface area contributed by atoms with Crippen LogP contribution in [-0.4, -0.2) is 8.07 Å². The van der Waals surface area contributed by atoms with Gasteiger partial charge in [0.05, 0.1) is 0 Å². The molecule has 0 unspecified atom stereocenters. The van der Waals surface area contributed by atoms with Gasteiger partial charge in [-0.3, -0.25) is 0 Å². The summed E-state index contributed by atoms with van der Waals surface area (Å²) in [5.74, 6) is 0. The maximum absolute atomic E-state index is 3.14. The summed E-state index contributed by atoms with van der Waals surface area (Å²) in [6.07, 6.45) is 0. The zero-order valence-electron chi connectivity index (χ0n) is 42.6. The van der Waals surface area contributed by atoms with Crippen LogP contribution in [0.3, 0.4) is 0 Å². The molecule has 0 radical (unpaired) electrons. The minimum absolute atomic E-state index is 0.803. The monoisotopic (exact) mass is 1070 g/mol. The maximum Gasteiger partial charge on any atom is 0.179 e. The van der Waals surface area contributed by atoms with Gasteiger partial charge in [0.15, 0.2) is 8.07 Å². The predicted octanol–water partition coefficient (Wildman–Crippen LogP) is 10.1. The van der Waals surface area contributed by atoms with Crippen molar-refractivity contribution in [3.05, 3.63) is 340 Å². The summed E-state index contributed by atoms with van der Waals surface area (Å²) in [4.78, 5) is 0. The second-order valence-electron chi connectivity index (χ2n) is 19.0. The molecule has 0 aliphatic carbocycles. The van der Waals surface area contributed by atoms with E-state index in [1.165, 1.54) is 84.4 Å². The number of benzene rings is 12. The molecule has 0 atom stereocenters. The van der Waals surface area contributed by atoms with Gasteiger partial charge in [0.2, 0.25) is 0 Å². The quantitative estimate of drug-likeness (QED) is 0.0514. The number of hydrogen-bond acceptors (Lipinski definition) is 0. The summed E-state index contributed by atoms with van der Waals surface area (Å²) >= 11 is 0. The van der Waals surface area contributed by atoms with E-state index in [4.69, 9.17) is 0 Å². The smallest absolute Gasteiger partial charge is 0.0622 e. The van der Waals surface area contributed by atoms with Gasteiger partial charge in [-0.15, -0.1) is 0 Å². The Bertz CT molecular complexity index is 3070. The van der Waals surface area contributed by atoms with Gasteiger partial charge < -0.3 is 0 Å². The van der Waals surface area contributed by atoms with E-state index in [0.29, 0.717) is 0 Å². The van der Waals surface area contributed by atoms with Crippen molar-refractivity contribution >= 4 is 124 Å². The molecule has 12 aromatic carbocycles. The van der Waals surface area contributed by atoms with E-state index in [9.17, 15) is 0 Å². The first-order chi connectivity index (χ1) is 38.2. The van der Waals surface area contributed by atoms with E-state index >= 15 is 0 Å². The lowest BCUT2D eigenvalue weighted by atomic mass is 10.3. The van der Waals surface area contributed by atoms with Gasteiger partial charge in [-0.1, -0.05) is 340 Å². The Morgan fingerprint density at radius 2 is 0.247 bits per heavy atom. The highest BCUT2D eigenvalue weighted by molar-refractivity contribution is 7.81. The molecule has 0 heterocycles. The summed E-state index contributed by atoms with van der Waals surface area (Å²) in [5.41, 5.74) is 0. The molecule has 0 saturated carbocycles. The van der Waals surface area contributed by atoms with Crippen LogP contribution in [0, 0.1) is 0 Å². The first-order valence-electron chi connectivity index (χ1n) is 26.3. The highest BCUT2D eigenvalue weighted by Gasteiger charge is 2.42. The van der Waals surface area contributed by atoms with Crippen molar-refractivity contribution in [2.24, 2.45) is 0 Å². The van der Waals surface area contributed by atoms with Gasteiger partial charge in [-0.2, -0.15) is 0 Å². The third kappa shape index (κ3) is 10.7. The van der Waals surface area contributed by atoms with Crippen LogP contribution in [-0.2, 0) is 0 Å². The van der Waals surface area contributed by atoms with Crippen LogP contribution >= 0.6 is 31.7 Å². The lowest BCUT2D eigenvalue weighted by Gasteiger charge is -2.36. The Balaban J connectivity index is 1.08. The zero-order chi connectivity index (χ0) is 51.6. The van der Waals surface area contributed by atoms with E-state index in [0.717, 1.165) is 0 Å². The highest BCUT2D eigenvalue weighted by atomic mass is 31.1. The van der Waals surface area contributed by atoms with Crippen molar-refractivity contribution in [1.82, 2.24) is 0 Å². The second-order valence-corrected chi connectivity index (χ2v) is 31.7. The molecule has 12 rings (SSSR count). The van der Waals surface area contributed by atoms with Crippen LogP contribution in [0.1, 0.15) is 0 Å². The number of rotatable bonds is 16. The molecule has 0 bridgehead atoms. The summed E-state index contributed by atoms with van der Waals surface area (Å²) in [7, 11) is -6.35. The lowest BCUT2D eigenvalue weighted by molar-refractivity contribution is 1.70. The van der Waals surface area contributed by atoms with E-state index in [-0.39, 0.29) is 0 Å². The average molecular weight is 1070 g/mol. The highest BCUT2D eigenvalue weighted by Crippen LogP contribution is 2.36. The van der Waals surface area contributed by atoms with Gasteiger partial charge >= 0.3 is 0 Å². The molecule has 368 valence electrons. The average Bonchev–Trinajstić information content (AvgIpc) is 3.51. The molecule has 0 fully saturated rings. The molecule has 0 saturated heterocycles. The lowest BCUT2D eigenvalue weighted by Crippen LogP contribution is -2.75. The SMILES string of the molecule is c1ccc(P(c2ccccc2)c2ccc([Si](c3ccc(P(c4ccccc4)c4ccccc4)cc3)(c3ccc(P(c4ccccc4)c4ccccc4)cc3)c3ccc(P(c4ccccc4)c4ccccc4)cc3)cc2)cc1. The minimum atomic E-state index is -3.14. The van der Waals surface area contributed by atoms with Gasteiger partial charge in [0.1, 0.15) is 0 Å². The number of hydrogen-bond donors (Lipinski definition) is 0. The molecule has 12 aromatic rings. The normalized spacial score (nSPS) is 11.6. The van der Waals surface area contributed by atoms with Crippen molar-refractivity contribution in [2.75, 3.05) is 0 Å². The molecule has 5 heteroatoms. The van der Waals surface area contributed by atoms with Crippen molar-refractivity contribution < 1.29 is 0 Å². The van der Waals surface area contributed by atoms with Crippen molar-refractivity contribution in [3.63, 3.8) is 0 Å². The Morgan fingerprint density at radius 1 is 0.130 bits per heavy atom. The van der Waals surface area contributed by atoms with Gasteiger partial charge in [-0.05, 0) is 116 Å². The summed E-state index contributed by atoms with van der Waals surface area (Å²) in [6.45, 7) is 0. The van der Waals surface area contributed by atoms with E-state index in [1.807, 2.05) is 0 Å². The molecular weight excluding hydrogens is 1020 g/mol. The fraction of sp³-hybridized carbons (Fsp3) is 0. The Morgan fingerprint density at radius 3 is 0.377 bits per heavy atom. The minimum Gasteiger partial charge on any atom is -0.0622 e. The Hall–Kier alpha value is -7.42. The van der Waals surface area contributed by atoms with Crippen molar-refractivity contribution in [2.45, 2.75) is 0 Å². The fourth-order valence-corrected chi connectivity index (χ4v) is 24.6. The standard InChI is InChI=1S/C72H56P4Si/c1-9-25-57(26-10-1)73(58-27-11-2-12-28-58)65-41-49-69(50-42-65)77(70-51-43-66(44-52-70)74(59-29-13-3-14-30-59)60-31-15-4-16-32-60,71-53-45-67(46-54-71)75(61-33-17-5-18-34-61)62-35-19-6-20-36-62)72-55-47-68(48-56-72)76(63-37-21-7-22-38-63)64-39-23-8-24-40-64/h1-56H. The second kappa shape index (κ2) is 23.9. The molecule has 0 aromatic heterocycles. The third-order valence-electron chi connectivity index (χ3n) is 14.3. The van der Waals surface area contributed by atoms with Crippen LogP contribution in [0.5, 0.6) is 0 Å². The predicted molar refractivity (Wildman–Crippen MR) is 345 cm³/mol. The molecule has 0 spiro atoms. The molecular formula is C72H56P4Si. The largest absolute Gasteiger partial charge is 0.179 e. The Labute approximate surface area is 460 Å². The van der Waals surface area contributed by atoms with E-state index in [1.54, 1.807) is 0 Å². The van der Waals surface area contributed by atoms with E-state index in [2.05, 4.69) is 340 Å². The molecule has 0 aliphatic heterocycles. The molecule has 0 nitrogen and oxygen atoms in total. The molecule has 0 aliphatic rings.